The molecule has 1 aliphatic carbocycles. The summed E-state index contributed by atoms with van der Waals surface area (Å²) in [6.07, 6.45) is 4.74. The molecule has 0 saturated heterocycles. The second-order valence-electron chi connectivity index (χ2n) is 6.36. The molecule has 0 radical (unpaired) electrons. The molecule has 0 unspecified atom stereocenters. The highest BCUT2D eigenvalue weighted by Crippen LogP contribution is 2.29. The van der Waals surface area contributed by atoms with Gasteiger partial charge in [-0.2, -0.15) is 0 Å². The summed E-state index contributed by atoms with van der Waals surface area (Å²) < 4.78 is 12.9. The van der Waals surface area contributed by atoms with Crippen molar-refractivity contribution >= 4 is 16.8 Å². The zero-order valence-corrected chi connectivity index (χ0v) is 13.4. The molecule has 2 aromatic carbocycles. The highest BCUT2D eigenvalue weighted by molar-refractivity contribution is 5.94. The summed E-state index contributed by atoms with van der Waals surface area (Å²) in [4.78, 5) is 15.7. The molecule has 122 valence electrons. The van der Waals surface area contributed by atoms with Crippen LogP contribution in [0, 0.1) is 5.82 Å². The van der Waals surface area contributed by atoms with Crippen LogP contribution in [0.1, 0.15) is 40.0 Å². The molecule has 24 heavy (non-hydrogen) atoms. The summed E-state index contributed by atoms with van der Waals surface area (Å²) in [6.45, 7) is 0.464. The average molecular weight is 322 g/mol. The van der Waals surface area contributed by atoms with Crippen LogP contribution in [0.4, 0.5) is 4.39 Å². The maximum atomic E-state index is 12.9. The quantitative estimate of drug-likeness (QED) is 0.749. The van der Waals surface area contributed by atoms with Crippen molar-refractivity contribution < 1.29 is 9.18 Å². The van der Waals surface area contributed by atoms with Gasteiger partial charge in [-0.1, -0.05) is 6.07 Å². The zero-order chi connectivity index (χ0) is 16.5. The van der Waals surface area contributed by atoms with Crippen LogP contribution >= 0.6 is 0 Å². The number of nitrogens with one attached hydrogen (secondary N) is 2. The summed E-state index contributed by atoms with van der Waals surface area (Å²) in [5.41, 5.74) is 5.52. The predicted octanol–water partition coefficient (Wildman–Crippen LogP) is 4.12. The minimum Gasteiger partial charge on any atom is -0.358 e. The molecule has 0 aliphatic heterocycles. The number of aromatic amines is 1. The largest absolute Gasteiger partial charge is 0.358 e. The van der Waals surface area contributed by atoms with E-state index in [4.69, 9.17) is 0 Å². The molecule has 1 amide bonds. The summed E-state index contributed by atoms with van der Waals surface area (Å²) in [6, 6.07) is 11.9. The van der Waals surface area contributed by atoms with Gasteiger partial charge in [0.25, 0.3) is 5.91 Å². The molecule has 0 saturated carbocycles. The van der Waals surface area contributed by atoms with Crippen LogP contribution in [-0.4, -0.2) is 10.9 Å². The Hall–Kier alpha value is -2.62. The van der Waals surface area contributed by atoms with E-state index in [0.717, 1.165) is 18.4 Å². The van der Waals surface area contributed by atoms with Gasteiger partial charge in [0.1, 0.15) is 5.82 Å². The minimum atomic E-state index is -0.339. The molecule has 3 nitrogen and oxygen atoms in total. The number of hydrogen-bond acceptors (Lipinski definition) is 1. The third-order valence-electron chi connectivity index (χ3n) is 4.72. The molecular weight excluding hydrogens is 303 g/mol. The standard InChI is InChI=1S/C20H19FN2O/c21-15-8-6-14(7-9-15)20(24)22-12-13-5-10-19-17(11-13)16-3-1-2-4-18(16)23-19/h5-11,23H,1-4,12H2,(H,22,24). The molecule has 1 heterocycles. The fourth-order valence-electron chi connectivity index (χ4n) is 3.45. The molecule has 3 aromatic rings. The van der Waals surface area contributed by atoms with Crippen LogP contribution in [-0.2, 0) is 19.4 Å². The highest BCUT2D eigenvalue weighted by Gasteiger charge is 2.15. The Balaban J connectivity index is 1.52. The Morgan fingerprint density at radius 3 is 2.71 bits per heavy atom. The molecule has 1 aromatic heterocycles. The molecular formula is C20H19FN2O. The Kier molecular flexibility index (Phi) is 3.81. The van der Waals surface area contributed by atoms with Gasteiger partial charge in [-0.15, -0.1) is 0 Å². The number of aromatic nitrogens is 1. The van der Waals surface area contributed by atoms with Gasteiger partial charge in [0.05, 0.1) is 0 Å². The lowest BCUT2D eigenvalue weighted by Crippen LogP contribution is -2.22. The molecule has 1 aliphatic rings. The monoisotopic (exact) mass is 322 g/mol. The number of aryl methyl sites for hydroxylation is 2. The number of benzene rings is 2. The Morgan fingerprint density at radius 2 is 1.88 bits per heavy atom. The van der Waals surface area contributed by atoms with Crippen LogP contribution in [0.2, 0.25) is 0 Å². The van der Waals surface area contributed by atoms with Crippen LogP contribution in [0.3, 0.4) is 0 Å². The third-order valence-corrected chi connectivity index (χ3v) is 4.72. The van der Waals surface area contributed by atoms with Gasteiger partial charge in [0.2, 0.25) is 0 Å². The van der Waals surface area contributed by atoms with Crippen LogP contribution in [0.15, 0.2) is 42.5 Å². The normalized spacial score (nSPS) is 13.7. The van der Waals surface area contributed by atoms with E-state index in [-0.39, 0.29) is 11.7 Å². The topological polar surface area (TPSA) is 44.9 Å². The van der Waals surface area contributed by atoms with Crippen LogP contribution in [0.25, 0.3) is 10.9 Å². The van der Waals surface area contributed by atoms with E-state index in [9.17, 15) is 9.18 Å². The molecule has 0 atom stereocenters. The summed E-state index contributed by atoms with van der Waals surface area (Å²) >= 11 is 0. The fourth-order valence-corrected chi connectivity index (χ4v) is 3.45. The van der Waals surface area contributed by atoms with Crippen molar-refractivity contribution in [3.63, 3.8) is 0 Å². The third kappa shape index (κ3) is 2.80. The van der Waals surface area contributed by atoms with Gasteiger partial charge in [0.15, 0.2) is 0 Å². The number of fused-ring (bicyclic) bond motifs is 3. The molecule has 0 spiro atoms. The van der Waals surface area contributed by atoms with E-state index in [1.54, 1.807) is 0 Å². The second-order valence-corrected chi connectivity index (χ2v) is 6.36. The number of carbonyl (C=O) groups excluding carboxylic acids is 1. The van der Waals surface area contributed by atoms with E-state index in [2.05, 4.69) is 22.4 Å². The first-order chi connectivity index (χ1) is 11.7. The lowest BCUT2D eigenvalue weighted by atomic mass is 9.95. The van der Waals surface area contributed by atoms with Crippen molar-refractivity contribution in [3.8, 4) is 0 Å². The lowest BCUT2D eigenvalue weighted by Gasteiger charge is -2.10. The fraction of sp³-hybridized carbons (Fsp3) is 0.250. The number of carbonyl (C=O) groups is 1. The highest BCUT2D eigenvalue weighted by atomic mass is 19.1. The van der Waals surface area contributed by atoms with Crippen LogP contribution < -0.4 is 5.32 Å². The minimum absolute atomic E-state index is 0.189. The summed E-state index contributed by atoms with van der Waals surface area (Å²) in [7, 11) is 0. The number of halogens is 1. The zero-order valence-electron chi connectivity index (χ0n) is 13.4. The van der Waals surface area contributed by atoms with Gasteiger partial charge >= 0.3 is 0 Å². The van der Waals surface area contributed by atoms with Crippen LogP contribution in [0.5, 0.6) is 0 Å². The van der Waals surface area contributed by atoms with Crippen molar-refractivity contribution in [3.05, 3.63) is 70.7 Å². The first-order valence-corrected chi connectivity index (χ1v) is 8.37. The number of hydrogen-bond donors (Lipinski definition) is 2. The summed E-state index contributed by atoms with van der Waals surface area (Å²) in [5, 5.41) is 4.18. The van der Waals surface area contributed by atoms with Crippen molar-refractivity contribution in [1.82, 2.24) is 10.3 Å². The SMILES string of the molecule is O=C(NCc1ccc2[nH]c3c(c2c1)CCCC3)c1ccc(F)cc1. The Bertz CT molecular complexity index is 896. The molecule has 2 N–H and O–H groups in total. The maximum absolute atomic E-state index is 12.9. The van der Waals surface area contributed by atoms with Crippen molar-refractivity contribution in [2.24, 2.45) is 0 Å². The van der Waals surface area contributed by atoms with Crippen molar-refractivity contribution in [2.45, 2.75) is 32.2 Å². The maximum Gasteiger partial charge on any atom is 0.251 e. The van der Waals surface area contributed by atoms with Crippen molar-refractivity contribution in [1.29, 1.82) is 0 Å². The van der Waals surface area contributed by atoms with E-state index < -0.39 is 0 Å². The molecule has 0 bridgehead atoms. The van der Waals surface area contributed by atoms with E-state index in [1.807, 2.05) is 6.07 Å². The van der Waals surface area contributed by atoms with E-state index in [0.29, 0.717) is 12.1 Å². The number of amides is 1. The average Bonchev–Trinajstić information content (AvgIpc) is 2.98. The first-order valence-electron chi connectivity index (χ1n) is 8.37. The van der Waals surface area contributed by atoms with Gasteiger partial charge in [-0.05, 0) is 73.2 Å². The van der Waals surface area contributed by atoms with Gasteiger partial charge in [-0.3, -0.25) is 4.79 Å². The second kappa shape index (κ2) is 6.11. The lowest BCUT2D eigenvalue weighted by molar-refractivity contribution is 0.0951. The molecule has 0 fully saturated rings. The number of H-pyrrole nitrogens is 1. The Morgan fingerprint density at radius 1 is 1.08 bits per heavy atom. The molecule has 4 heteroatoms. The smallest absolute Gasteiger partial charge is 0.251 e. The van der Waals surface area contributed by atoms with Gasteiger partial charge in [0, 0.05) is 28.7 Å². The Labute approximate surface area is 139 Å². The van der Waals surface area contributed by atoms with E-state index >= 15 is 0 Å². The van der Waals surface area contributed by atoms with Crippen molar-refractivity contribution in [2.75, 3.05) is 0 Å². The van der Waals surface area contributed by atoms with E-state index in [1.165, 1.54) is 59.3 Å². The first kappa shape index (κ1) is 14.9. The number of rotatable bonds is 3. The predicted molar refractivity (Wildman–Crippen MR) is 92.5 cm³/mol. The summed E-state index contributed by atoms with van der Waals surface area (Å²) in [5.74, 6) is -0.527. The molecule has 4 rings (SSSR count). The van der Waals surface area contributed by atoms with Gasteiger partial charge in [-0.25, -0.2) is 4.39 Å². The van der Waals surface area contributed by atoms with Gasteiger partial charge < -0.3 is 10.3 Å².